The highest BCUT2D eigenvalue weighted by Crippen LogP contribution is 2.01. The van der Waals surface area contributed by atoms with Crippen molar-refractivity contribution < 1.29 is 0 Å². The fraction of sp³-hybridized carbons (Fsp3) is 0.700. The molecule has 2 atom stereocenters. The van der Waals surface area contributed by atoms with Gasteiger partial charge in [-0.15, -0.1) is 11.3 Å². The van der Waals surface area contributed by atoms with Crippen LogP contribution < -0.4 is 11.1 Å². The fourth-order valence-corrected chi connectivity index (χ4v) is 1.69. The molecule has 0 aromatic carbocycles. The Balaban J connectivity index is 2.05. The second kappa shape index (κ2) is 6.11. The Morgan fingerprint density at radius 1 is 1.57 bits per heavy atom. The van der Waals surface area contributed by atoms with Gasteiger partial charge in [0.05, 0.1) is 11.2 Å². The van der Waals surface area contributed by atoms with Crippen molar-refractivity contribution in [2.24, 2.45) is 11.7 Å². The minimum absolute atomic E-state index is 0.266. The number of nitrogens with zero attached hydrogens (tertiary/aromatic N) is 1. The molecule has 0 aliphatic rings. The average molecular weight is 213 g/mol. The molecule has 0 fully saturated rings. The molecule has 0 amide bonds. The van der Waals surface area contributed by atoms with Crippen LogP contribution in [0.3, 0.4) is 0 Å². The second-order valence-electron chi connectivity index (χ2n) is 3.77. The highest BCUT2D eigenvalue weighted by atomic mass is 32.1. The normalized spacial score (nSPS) is 15.4. The number of hydrogen-bond acceptors (Lipinski definition) is 4. The Bertz CT molecular complexity index is 234. The van der Waals surface area contributed by atoms with Crippen molar-refractivity contribution in [3.63, 3.8) is 0 Å². The Kier molecular flexibility index (Phi) is 5.07. The molecule has 0 saturated heterocycles. The molecule has 0 spiro atoms. The average Bonchev–Trinajstić information content (AvgIpc) is 2.64. The van der Waals surface area contributed by atoms with Crippen molar-refractivity contribution in [1.82, 2.24) is 10.3 Å². The second-order valence-corrected chi connectivity index (χ2v) is 4.49. The molecule has 1 aromatic heterocycles. The van der Waals surface area contributed by atoms with Crippen LogP contribution in [0.2, 0.25) is 0 Å². The molecule has 14 heavy (non-hydrogen) atoms. The summed E-state index contributed by atoms with van der Waals surface area (Å²) >= 11 is 1.65. The molecule has 1 rings (SSSR count). The summed E-state index contributed by atoms with van der Waals surface area (Å²) in [4.78, 5) is 4.22. The topological polar surface area (TPSA) is 50.9 Å². The van der Waals surface area contributed by atoms with E-state index < -0.39 is 0 Å². The molecule has 3 nitrogen and oxygen atoms in total. The number of nitrogens with one attached hydrogen (secondary N) is 1. The van der Waals surface area contributed by atoms with Gasteiger partial charge in [0.15, 0.2) is 0 Å². The van der Waals surface area contributed by atoms with E-state index in [1.807, 2.05) is 12.4 Å². The van der Waals surface area contributed by atoms with Crippen molar-refractivity contribution >= 4 is 11.3 Å². The van der Waals surface area contributed by atoms with Crippen molar-refractivity contribution in [3.8, 4) is 0 Å². The molecule has 0 radical (unpaired) electrons. The van der Waals surface area contributed by atoms with E-state index in [0.29, 0.717) is 5.92 Å². The van der Waals surface area contributed by atoms with E-state index in [1.54, 1.807) is 11.3 Å². The summed E-state index contributed by atoms with van der Waals surface area (Å²) in [5.74, 6) is 0.533. The minimum Gasteiger partial charge on any atom is -0.328 e. The first kappa shape index (κ1) is 11.6. The number of hydrogen-bond donors (Lipinski definition) is 2. The summed E-state index contributed by atoms with van der Waals surface area (Å²) in [6, 6.07) is 0.266. The van der Waals surface area contributed by atoms with Crippen LogP contribution >= 0.6 is 11.3 Å². The predicted octanol–water partition coefficient (Wildman–Crippen LogP) is 1.26. The van der Waals surface area contributed by atoms with Gasteiger partial charge in [0, 0.05) is 24.4 Å². The molecule has 0 aliphatic heterocycles. The van der Waals surface area contributed by atoms with Gasteiger partial charge in [-0.3, -0.25) is 0 Å². The monoisotopic (exact) mass is 213 g/mol. The Morgan fingerprint density at radius 2 is 2.36 bits per heavy atom. The molecule has 2 unspecified atom stereocenters. The maximum absolute atomic E-state index is 5.76. The Morgan fingerprint density at radius 3 is 2.93 bits per heavy atom. The molecule has 1 heterocycles. The van der Waals surface area contributed by atoms with Gasteiger partial charge < -0.3 is 11.1 Å². The molecule has 0 aliphatic carbocycles. The summed E-state index contributed by atoms with van der Waals surface area (Å²) in [5, 5.41) is 5.48. The number of thiazole rings is 1. The maximum Gasteiger partial charge on any atom is 0.0794 e. The van der Waals surface area contributed by atoms with Gasteiger partial charge in [-0.25, -0.2) is 4.98 Å². The molecule has 1 aromatic rings. The number of nitrogens with two attached hydrogens (primary N) is 1. The van der Waals surface area contributed by atoms with Gasteiger partial charge in [-0.2, -0.15) is 0 Å². The lowest BCUT2D eigenvalue weighted by Gasteiger charge is -2.15. The molecular formula is C10H19N3S. The zero-order valence-electron chi connectivity index (χ0n) is 8.86. The van der Waals surface area contributed by atoms with Crippen LogP contribution in [0.15, 0.2) is 10.9 Å². The summed E-state index contributed by atoms with van der Waals surface area (Å²) in [6.07, 6.45) is 1.01. The zero-order chi connectivity index (χ0) is 10.4. The first-order valence-electron chi connectivity index (χ1n) is 5.03. The van der Waals surface area contributed by atoms with Gasteiger partial charge in [0.1, 0.15) is 0 Å². The first-order valence-corrected chi connectivity index (χ1v) is 5.97. The largest absolute Gasteiger partial charge is 0.328 e. The van der Waals surface area contributed by atoms with Gasteiger partial charge >= 0.3 is 0 Å². The fourth-order valence-electron chi connectivity index (χ4n) is 1.09. The van der Waals surface area contributed by atoms with Gasteiger partial charge in [-0.05, 0) is 19.4 Å². The molecule has 4 heteroatoms. The van der Waals surface area contributed by atoms with E-state index in [-0.39, 0.29) is 6.04 Å². The van der Waals surface area contributed by atoms with Gasteiger partial charge in [0.25, 0.3) is 0 Å². The van der Waals surface area contributed by atoms with Crippen molar-refractivity contribution in [3.05, 3.63) is 16.6 Å². The Hall–Kier alpha value is -0.450. The van der Waals surface area contributed by atoms with E-state index in [2.05, 4.69) is 22.6 Å². The lowest BCUT2D eigenvalue weighted by molar-refractivity contribution is 0.447. The van der Waals surface area contributed by atoms with E-state index in [4.69, 9.17) is 5.73 Å². The van der Waals surface area contributed by atoms with E-state index in [1.165, 1.54) is 5.69 Å². The maximum atomic E-state index is 5.76. The summed E-state index contributed by atoms with van der Waals surface area (Å²) in [7, 11) is 0. The van der Waals surface area contributed by atoms with Gasteiger partial charge in [0.2, 0.25) is 0 Å². The van der Waals surface area contributed by atoms with Crippen LogP contribution in [-0.4, -0.2) is 24.1 Å². The summed E-state index contributed by atoms with van der Waals surface area (Å²) < 4.78 is 0. The van der Waals surface area contributed by atoms with Crippen molar-refractivity contribution in [2.45, 2.75) is 26.3 Å². The van der Waals surface area contributed by atoms with Crippen LogP contribution in [0.25, 0.3) is 0 Å². The summed E-state index contributed by atoms with van der Waals surface area (Å²) in [6.45, 7) is 6.19. The number of aromatic nitrogens is 1. The van der Waals surface area contributed by atoms with E-state index in [9.17, 15) is 0 Å². The quantitative estimate of drug-likeness (QED) is 0.699. The van der Waals surface area contributed by atoms with Crippen LogP contribution in [0.1, 0.15) is 19.5 Å². The smallest absolute Gasteiger partial charge is 0.0794 e. The third-order valence-corrected chi connectivity index (χ3v) is 3.04. The highest BCUT2D eigenvalue weighted by Gasteiger charge is 2.05. The Labute approximate surface area is 89.7 Å². The minimum atomic E-state index is 0.266. The third kappa shape index (κ3) is 4.17. The zero-order valence-corrected chi connectivity index (χ0v) is 9.68. The lowest BCUT2D eigenvalue weighted by atomic mass is 10.1. The van der Waals surface area contributed by atoms with Crippen LogP contribution in [0.5, 0.6) is 0 Å². The van der Waals surface area contributed by atoms with Crippen molar-refractivity contribution in [2.75, 3.05) is 13.1 Å². The van der Waals surface area contributed by atoms with E-state index >= 15 is 0 Å². The molecule has 0 bridgehead atoms. The van der Waals surface area contributed by atoms with Crippen LogP contribution in [-0.2, 0) is 6.42 Å². The molecular weight excluding hydrogens is 194 g/mol. The van der Waals surface area contributed by atoms with Crippen LogP contribution in [0.4, 0.5) is 0 Å². The SMILES string of the molecule is CC(N)C(C)CNCCc1cscn1. The molecule has 80 valence electrons. The standard InChI is InChI=1S/C10H19N3S/c1-8(9(2)11)5-12-4-3-10-6-14-7-13-10/h6-9,12H,3-5,11H2,1-2H3. The van der Waals surface area contributed by atoms with Crippen molar-refractivity contribution in [1.29, 1.82) is 0 Å². The van der Waals surface area contributed by atoms with Gasteiger partial charge in [-0.1, -0.05) is 6.92 Å². The first-order chi connectivity index (χ1) is 6.70. The molecule has 3 N–H and O–H groups in total. The predicted molar refractivity (Wildman–Crippen MR) is 61.5 cm³/mol. The van der Waals surface area contributed by atoms with Crippen LogP contribution in [0, 0.1) is 5.92 Å². The third-order valence-electron chi connectivity index (χ3n) is 2.41. The lowest BCUT2D eigenvalue weighted by Crippen LogP contribution is -2.33. The highest BCUT2D eigenvalue weighted by molar-refractivity contribution is 7.07. The molecule has 0 saturated carbocycles. The summed E-state index contributed by atoms with van der Waals surface area (Å²) in [5.41, 5.74) is 8.81. The van der Waals surface area contributed by atoms with E-state index in [0.717, 1.165) is 19.5 Å². The number of rotatable bonds is 6.